The molecule has 0 radical (unpaired) electrons. The van der Waals surface area contributed by atoms with Crippen molar-refractivity contribution in [3.8, 4) is 11.5 Å². The van der Waals surface area contributed by atoms with Crippen LogP contribution < -0.4 is 9.47 Å². The molecule has 5 heteroatoms. The molecule has 0 amide bonds. The molecule has 0 spiro atoms. The summed E-state index contributed by atoms with van der Waals surface area (Å²) in [6, 6.07) is 5.30. The minimum atomic E-state index is 0.103. The second kappa shape index (κ2) is 6.72. The molecule has 0 saturated carbocycles. The second-order valence-corrected chi connectivity index (χ2v) is 5.10. The number of carbonyl (C=O) groups is 1. The van der Waals surface area contributed by atoms with Crippen LogP contribution in [-0.2, 0) is 0 Å². The van der Waals surface area contributed by atoms with Crippen molar-refractivity contribution in [1.82, 2.24) is 9.80 Å². The Hall–Kier alpha value is -1.59. The average molecular weight is 278 g/mol. The van der Waals surface area contributed by atoms with Gasteiger partial charge in [0.05, 0.1) is 20.8 Å². The number of Topliss-reactive ketones (excluding diaryl/α,β-unsaturated/α-hetero) is 1. The standard InChI is InChI=1S/C15H22N2O3/c1-16-4-6-17(7-5-16)11-15(18)12-8-13(19-2)10-14(9-12)20-3/h8-10H,4-7,11H2,1-3H3. The Morgan fingerprint density at radius 3 is 2.10 bits per heavy atom. The average Bonchev–Trinajstić information content (AvgIpc) is 2.48. The van der Waals surface area contributed by atoms with Crippen molar-refractivity contribution >= 4 is 5.78 Å². The fourth-order valence-corrected chi connectivity index (χ4v) is 2.27. The summed E-state index contributed by atoms with van der Waals surface area (Å²) in [4.78, 5) is 16.8. The highest BCUT2D eigenvalue weighted by atomic mass is 16.5. The van der Waals surface area contributed by atoms with Gasteiger partial charge in [0.25, 0.3) is 0 Å². The monoisotopic (exact) mass is 278 g/mol. The molecular weight excluding hydrogens is 256 g/mol. The van der Waals surface area contributed by atoms with Gasteiger partial charge in [-0.2, -0.15) is 0 Å². The molecule has 110 valence electrons. The molecule has 0 unspecified atom stereocenters. The van der Waals surface area contributed by atoms with Crippen molar-refractivity contribution < 1.29 is 14.3 Å². The molecule has 0 aliphatic carbocycles. The van der Waals surface area contributed by atoms with E-state index in [0.717, 1.165) is 26.2 Å². The maximum atomic E-state index is 12.4. The molecule has 1 saturated heterocycles. The van der Waals surface area contributed by atoms with E-state index in [1.165, 1.54) is 0 Å². The van der Waals surface area contributed by atoms with Crippen LogP contribution in [-0.4, -0.2) is 69.6 Å². The Kier molecular flexibility index (Phi) is 4.98. The van der Waals surface area contributed by atoms with Crippen molar-refractivity contribution in [2.75, 3.05) is 54.0 Å². The van der Waals surface area contributed by atoms with Gasteiger partial charge in [0.2, 0.25) is 0 Å². The predicted octanol–water partition coefficient (Wildman–Crippen LogP) is 1.13. The third-order valence-electron chi connectivity index (χ3n) is 3.64. The lowest BCUT2D eigenvalue weighted by molar-refractivity contribution is 0.0876. The van der Waals surface area contributed by atoms with Crippen LogP contribution in [0, 0.1) is 0 Å². The highest BCUT2D eigenvalue weighted by Crippen LogP contribution is 2.23. The Balaban J connectivity index is 2.04. The molecular formula is C15H22N2O3. The lowest BCUT2D eigenvalue weighted by Crippen LogP contribution is -2.46. The molecule has 5 nitrogen and oxygen atoms in total. The van der Waals surface area contributed by atoms with Gasteiger partial charge >= 0.3 is 0 Å². The molecule has 1 heterocycles. The summed E-state index contributed by atoms with van der Waals surface area (Å²) < 4.78 is 10.4. The molecule has 1 aromatic rings. The first kappa shape index (κ1) is 14.8. The largest absolute Gasteiger partial charge is 0.497 e. The van der Waals surface area contributed by atoms with E-state index < -0.39 is 0 Å². The first-order chi connectivity index (χ1) is 9.62. The van der Waals surface area contributed by atoms with Gasteiger partial charge in [-0.25, -0.2) is 0 Å². The van der Waals surface area contributed by atoms with Crippen LogP contribution >= 0.6 is 0 Å². The topological polar surface area (TPSA) is 42.0 Å². The fraction of sp³-hybridized carbons (Fsp3) is 0.533. The molecule has 0 N–H and O–H groups in total. The van der Waals surface area contributed by atoms with Crippen LogP contribution in [0.1, 0.15) is 10.4 Å². The van der Waals surface area contributed by atoms with Gasteiger partial charge in [-0.1, -0.05) is 0 Å². The molecule has 1 aromatic carbocycles. The number of carbonyl (C=O) groups excluding carboxylic acids is 1. The van der Waals surface area contributed by atoms with Crippen LogP contribution in [0.15, 0.2) is 18.2 Å². The summed E-state index contributed by atoms with van der Waals surface area (Å²) in [7, 11) is 5.28. The number of nitrogens with zero attached hydrogens (tertiary/aromatic N) is 2. The minimum Gasteiger partial charge on any atom is -0.497 e. The zero-order valence-corrected chi connectivity index (χ0v) is 12.4. The summed E-state index contributed by atoms with van der Waals surface area (Å²) in [6.45, 7) is 4.33. The van der Waals surface area contributed by atoms with Crippen molar-refractivity contribution in [3.63, 3.8) is 0 Å². The molecule has 1 aliphatic heterocycles. The Morgan fingerprint density at radius 2 is 1.60 bits per heavy atom. The third-order valence-corrected chi connectivity index (χ3v) is 3.64. The predicted molar refractivity (Wildman–Crippen MR) is 77.8 cm³/mol. The second-order valence-electron chi connectivity index (χ2n) is 5.10. The molecule has 0 atom stereocenters. The van der Waals surface area contributed by atoms with Crippen LogP contribution in [0.5, 0.6) is 11.5 Å². The Bertz CT molecular complexity index is 446. The van der Waals surface area contributed by atoms with Gasteiger partial charge in [0, 0.05) is 37.8 Å². The maximum Gasteiger partial charge on any atom is 0.177 e. The van der Waals surface area contributed by atoms with Crippen molar-refractivity contribution in [1.29, 1.82) is 0 Å². The van der Waals surface area contributed by atoms with E-state index in [0.29, 0.717) is 23.6 Å². The summed E-state index contributed by atoms with van der Waals surface area (Å²) >= 11 is 0. The summed E-state index contributed by atoms with van der Waals surface area (Å²) in [5.41, 5.74) is 0.639. The van der Waals surface area contributed by atoms with Crippen molar-refractivity contribution in [3.05, 3.63) is 23.8 Å². The number of ketones is 1. The van der Waals surface area contributed by atoms with Gasteiger partial charge in [-0.05, 0) is 19.2 Å². The first-order valence-electron chi connectivity index (χ1n) is 6.79. The zero-order valence-electron chi connectivity index (χ0n) is 12.4. The van der Waals surface area contributed by atoms with E-state index in [-0.39, 0.29) is 5.78 Å². The van der Waals surface area contributed by atoms with Crippen LogP contribution in [0.4, 0.5) is 0 Å². The maximum absolute atomic E-state index is 12.4. The molecule has 2 rings (SSSR count). The number of rotatable bonds is 5. The van der Waals surface area contributed by atoms with E-state index in [4.69, 9.17) is 9.47 Å². The van der Waals surface area contributed by atoms with Gasteiger partial charge in [0.15, 0.2) is 5.78 Å². The number of likely N-dealkylation sites (N-methyl/N-ethyl adjacent to an activating group) is 1. The van der Waals surface area contributed by atoms with Crippen molar-refractivity contribution in [2.24, 2.45) is 0 Å². The minimum absolute atomic E-state index is 0.103. The van der Waals surface area contributed by atoms with Gasteiger partial charge < -0.3 is 14.4 Å². The zero-order chi connectivity index (χ0) is 14.5. The lowest BCUT2D eigenvalue weighted by atomic mass is 10.1. The van der Waals surface area contributed by atoms with E-state index in [1.807, 2.05) is 0 Å². The van der Waals surface area contributed by atoms with Gasteiger partial charge in [-0.3, -0.25) is 9.69 Å². The number of hydrogen-bond acceptors (Lipinski definition) is 5. The Labute approximate surface area is 120 Å². The Morgan fingerprint density at radius 1 is 1.05 bits per heavy atom. The normalized spacial score (nSPS) is 16.9. The quantitative estimate of drug-likeness (QED) is 0.755. The van der Waals surface area contributed by atoms with Gasteiger partial charge in [-0.15, -0.1) is 0 Å². The first-order valence-corrected chi connectivity index (χ1v) is 6.79. The third kappa shape index (κ3) is 3.71. The van der Waals surface area contributed by atoms with Crippen LogP contribution in [0.2, 0.25) is 0 Å². The molecule has 1 fully saturated rings. The SMILES string of the molecule is COc1cc(OC)cc(C(=O)CN2CCN(C)CC2)c1. The van der Waals surface area contributed by atoms with Crippen LogP contribution in [0.25, 0.3) is 0 Å². The number of hydrogen-bond donors (Lipinski definition) is 0. The highest BCUT2D eigenvalue weighted by molar-refractivity contribution is 5.98. The highest BCUT2D eigenvalue weighted by Gasteiger charge is 2.18. The number of methoxy groups -OCH3 is 2. The lowest BCUT2D eigenvalue weighted by Gasteiger charge is -2.31. The molecule has 1 aliphatic rings. The smallest absolute Gasteiger partial charge is 0.177 e. The fourth-order valence-electron chi connectivity index (χ4n) is 2.27. The van der Waals surface area contributed by atoms with E-state index in [2.05, 4.69) is 16.8 Å². The molecule has 20 heavy (non-hydrogen) atoms. The van der Waals surface area contributed by atoms with E-state index in [1.54, 1.807) is 32.4 Å². The van der Waals surface area contributed by atoms with Gasteiger partial charge in [0.1, 0.15) is 11.5 Å². The number of piperazine rings is 1. The summed E-state index contributed by atoms with van der Waals surface area (Å²) in [5, 5.41) is 0. The molecule has 0 aromatic heterocycles. The van der Waals surface area contributed by atoms with E-state index >= 15 is 0 Å². The van der Waals surface area contributed by atoms with Crippen LogP contribution in [0.3, 0.4) is 0 Å². The number of ether oxygens (including phenoxy) is 2. The van der Waals surface area contributed by atoms with Crippen molar-refractivity contribution in [2.45, 2.75) is 0 Å². The summed E-state index contributed by atoms with van der Waals surface area (Å²) in [6.07, 6.45) is 0. The summed E-state index contributed by atoms with van der Waals surface area (Å²) in [5.74, 6) is 1.39. The molecule has 0 bridgehead atoms. The number of benzene rings is 1. The van der Waals surface area contributed by atoms with E-state index in [9.17, 15) is 4.79 Å².